The van der Waals surface area contributed by atoms with Gasteiger partial charge in [0.25, 0.3) is 0 Å². The van der Waals surface area contributed by atoms with E-state index in [1.165, 1.54) is 0 Å². The number of hydrogen-bond acceptors (Lipinski definition) is 4. The van der Waals surface area contributed by atoms with Gasteiger partial charge in [-0.15, -0.1) is 0 Å². The SMILES string of the molecule is CC(C)(CNC(=O)C1(N)CCC1)NS(C)(=O)=O. The molecule has 1 rings (SSSR count). The zero-order chi connectivity index (χ0) is 13.3. The Hall–Kier alpha value is -0.660. The number of amides is 1. The summed E-state index contributed by atoms with van der Waals surface area (Å²) in [6, 6.07) is 0. The van der Waals surface area contributed by atoms with E-state index in [9.17, 15) is 13.2 Å². The molecule has 0 unspecified atom stereocenters. The summed E-state index contributed by atoms with van der Waals surface area (Å²) in [6.45, 7) is 3.63. The van der Waals surface area contributed by atoms with Gasteiger partial charge in [0.1, 0.15) is 0 Å². The summed E-state index contributed by atoms with van der Waals surface area (Å²) >= 11 is 0. The highest BCUT2D eigenvalue weighted by Gasteiger charge is 2.40. The average molecular weight is 263 g/mol. The molecule has 0 aliphatic heterocycles. The molecule has 0 aromatic carbocycles. The van der Waals surface area contributed by atoms with Crippen molar-refractivity contribution < 1.29 is 13.2 Å². The van der Waals surface area contributed by atoms with Crippen molar-refractivity contribution in [3.05, 3.63) is 0 Å². The van der Waals surface area contributed by atoms with Gasteiger partial charge >= 0.3 is 0 Å². The maximum atomic E-state index is 11.7. The summed E-state index contributed by atoms with van der Waals surface area (Å²) in [5, 5.41) is 2.70. The van der Waals surface area contributed by atoms with Crippen LogP contribution in [0.1, 0.15) is 33.1 Å². The topological polar surface area (TPSA) is 101 Å². The van der Waals surface area contributed by atoms with Gasteiger partial charge in [0.2, 0.25) is 15.9 Å². The van der Waals surface area contributed by atoms with Crippen LogP contribution < -0.4 is 15.8 Å². The van der Waals surface area contributed by atoms with Gasteiger partial charge in [-0.25, -0.2) is 13.1 Å². The fourth-order valence-electron chi connectivity index (χ4n) is 1.80. The number of sulfonamides is 1. The van der Waals surface area contributed by atoms with E-state index in [2.05, 4.69) is 10.0 Å². The molecule has 0 atom stereocenters. The highest BCUT2D eigenvalue weighted by atomic mass is 32.2. The Bertz CT molecular complexity index is 399. The summed E-state index contributed by atoms with van der Waals surface area (Å²) in [6.07, 6.45) is 3.44. The minimum absolute atomic E-state index is 0.202. The minimum Gasteiger partial charge on any atom is -0.353 e. The normalized spacial score (nSPS) is 19.5. The number of nitrogens with one attached hydrogen (secondary N) is 2. The zero-order valence-electron chi connectivity index (χ0n) is 10.5. The molecule has 0 aromatic heterocycles. The van der Waals surface area contributed by atoms with Crippen LogP contribution in [-0.2, 0) is 14.8 Å². The summed E-state index contributed by atoms with van der Waals surface area (Å²) in [5.74, 6) is -0.202. The van der Waals surface area contributed by atoms with E-state index < -0.39 is 21.1 Å². The molecular weight excluding hydrogens is 242 g/mol. The third-order valence-corrected chi connectivity index (χ3v) is 3.77. The number of rotatable bonds is 5. The lowest BCUT2D eigenvalue weighted by molar-refractivity contribution is -0.129. The maximum Gasteiger partial charge on any atom is 0.240 e. The first-order chi connectivity index (χ1) is 7.54. The summed E-state index contributed by atoms with van der Waals surface area (Å²) in [4.78, 5) is 11.7. The molecule has 7 heteroatoms. The van der Waals surface area contributed by atoms with E-state index in [0.29, 0.717) is 12.8 Å². The molecule has 0 heterocycles. The molecule has 1 saturated carbocycles. The predicted molar refractivity (Wildman–Crippen MR) is 65.8 cm³/mol. The second kappa shape index (κ2) is 4.55. The van der Waals surface area contributed by atoms with Crippen molar-refractivity contribution in [2.75, 3.05) is 12.8 Å². The molecule has 0 aromatic rings. The fourth-order valence-corrected chi connectivity index (χ4v) is 2.88. The number of carbonyl (C=O) groups is 1. The Labute approximate surface area is 102 Å². The van der Waals surface area contributed by atoms with Gasteiger partial charge in [0.15, 0.2) is 0 Å². The van der Waals surface area contributed by atoms with Crippen LogP contribution in [0.3, 0.4) is 0 Å². The lowest BCUT2D eigenvalue weighted by Crippen LogP contribution is -2.61. The second-order valence-electron chi connectivity index (χ2n) is 5.45. The Kier molecular flexibility index (Phi) is 3.85. The molecule has 1 aliphatic carbocycles. The number of hydrogen-bond donors (Lipinski definition) is 3. The summed E-state index contributed by atoms with van der Waals surface area (Å²) < 4.78 is 24.7. The van der Waals surface area contributed by atoms with Gasteiger partial charge in [0, 0.05) is 12.1 Å². The molecule has 17 heavy (non-hydrogen) atoms. The van der Waals surface area contributed by atoms with Gasteiger partial charge in [-0.3, -0.25) is 4.79 Å². The van der Waals surface area contributed by atoms with Crippen LogP contribution in [0.2, 0.25) is 0 Å². The molecular formula is C10H21N3O3S. The van der Waals surface area contributed by atoms with Crippen LogP contribution in [-0.4, -0.2) is 38.2 Å². The highest BCUT2D eigenvalue weighted by molar-refractivity contribution is 7.88. The van der Waals surface area contributed by atoms with Crippen molar-refractivity contribution in [1.29, 1.82) is 0 Å². The average Bonchev–Trinajstić information content (AvgIpc) is 2.06. The van der Waals surface area contributed by atoms with E-state index in [4.69, 9.17) is 5.73 Å². The third kappa shape index (κ3) is 4.25. The molecule has 4 N–H and O–H groups in total. The molecule has 1 aliphatic rings. The van der Waals surface area contributed by atoms with Gasteiger partial charge < -0.3 is 11.1 Å². The van der Waals surface area contributed by atoms with Gasteiger partial charge in [-0.05, 0) is 33.1 Å². The first kappa shape index (κ1) is 14.4. The first-order valence-electron chi connectivity index (χ1n) is 5.60. The van der Waals surface area contributed by atoms with Crippen molar-refractivity contribution in [2.45, 2.75) is 44.2 Å². The first-order valence-corrected chi connectivity index (χ1v) is 7.49. The molecule has 1 fully saturated rings. The lowest BCUT2D eigenvalue weighted by Gasteiger charge is -2.37. The number of nitrogens with two attached hydrogens (primary N) is 1. The highest BCUT2D eigenvalue weighted by Crippen LogP contribution is 2.29. The van der Waals surface area contributed by atoms with Crippen LogP contribution in [0.15, 0.2) is 0 Å². The molecule has 6 nitrogen and oxygen atoms in total. The van der Waals surface area contributed by atoms with E-state index in [1.807, 2.05) is 0 Å². The smallest absolute Gasteiger partial charge is 0.240 e. The zero-order valence-corrected chi connectivity index (χ0v) is 11.4. The Morgan fingerprint density at radius 1 is 1.41 bits per heavy atom. The fraction of sp³-hybridized carbons (Fsp3) is 0.900. The van der Waals surface area contributed by atoms with E-state index in [0.717, 1.165) is 12.7 Å². The number of carbonyl (C=O) groups excluding carboxylic acids is 1. The van der Waals surface area contributed by atoms with E-state index in [1.54, 1.807) is 13.8 Å². The Morgan fingerprint density at radius 3 is 2.29 bits per heavy atom. The molecule has 0 spiro atoms. The molecule has 100 valence electrons. The predicted octanol–water partition coefficient (Wildman–Crippen LogP) is -0.688. The van der Waals surface area contributed by atoms with E-state index in [-0.39, 0.29) is 12.5 Å². The van der Waals surface area contributed by atoms with Gasteiger partial charge in [0.05, 0.1) is 11.8 Å². The van der Waals surface area contributed by atoms with Crippen LogP contribution in [0.5, 0.6) is 0 Å². The van der Waals surface area contributed by atoms with Crippen molar-refractivity contribution in [3.8, 4) is 0 Å². The summed E-state index contributed by atoms with van der Waals surface area (Å²) in [5.41, 5.74) is 4.38. The van der Waals surface area contributed by atoms with Crippen LogP contribution in [0.4, 0.5) is 0 Å². The molecule has 0 saturated heterocycles. The quantitative estimate of drug-likeness (QED) is 0.611. The van der Waals surface area contributed by atoms with Crippen LogP contribution in [0, 0.1) is 0 Å². The van der Waals surface area contributed by atoms with Gasteiger partial charge in [-0.1, -0.05) is 0 Å². The Morgan fingerprint density at radius 2 is 1.94 bits per heavy atom. The monoisotopic (exact) mass is 263 g/mol. The molecule has 0 radical (unpaired) electrons. The maximum absolute atomic E-state index is 11.7. The van der Waals surface area contributed by atoms with Crippen molar-refractivity contribution >= 4 is 15.9 Å². The van der Waals surface area contributed by atoms with Crippen LogP contribution >= 0.6 is 0 Å². The third-order valence-electron chi connectivity index (χ3n) is 2.85. The standard InChI is InChI=1S/C10H21N3O3S/c1-9(2,13-17(3,15)16)7-12-8(14)10(11)5-4-6-10/h13H,4-7,11H2,1-3H3,(H,12,14). The minimum atomic E-state index is -3.29. The van der Waals surface area contributed by atoms with Crippen LogP contribution in [0.25, 0.3) is 0 Å². The lowest BCUT2D eigenvalue weighted by atomic mass is 9.77. The van der Waals surface area contributed by atoms with Crippen molar-refractivity contribution in [2.24, 2.45) is 5.73 Å². The second-order valence-corrected chi connectivity index (χ2v) is 7.20. The molecule has 1 amide bonds. The van der Waals surface area contributed by atoms with E-state index >= 15 is 0 Å². The molecule has 0 bridgehead atoms. The Balaban J connectivity index is 2.47. The van der Waals surface area contributed by atoms with Crippen molar-refractivity contribution in [1.82, 2.24) is 10.0 Å². The summed E-state index contributed by atoms with van der Waals surface area (Å²) in [7, 11) is -3.29. The largest absolute Gasteiger partial charge is 0.353 e. The van der Waals surface area contributed by atoms with Crippen molar-refractivity contribution in [3.63, 3.8) is 0 Å². The van der Waals surface area contributed by atoms with Gasteiger partial charge in [-0.2, -0.15) is 0 Å².